The first-order valence-electron chi connectivity index (χ1n) is 11.2. The third kappa shape index (κ3) is 4.87. The van der Waals surface area contributed by atoms with E-state index in [0.29, 0.717) is 17.2 Å². The predicted octanol–water partition coefficient (Wildman–Crippen LogP) is 3.45. The average molecular weight is 448 g/mol. The maximum atomic E-state index is 12.3. The SMILES string of the molecule is CCCN(C)C(=O)c1cc(OC)c2ccccc2n1.c1cc(N2CCCC2)n2ncnc2n1. The quantitative estimate of drug-likeness (QED) is 0.463. The minimum absolute atomic E-state index is 0.0779. The molecule has 1 aliphatic rings. The molecule has 0 bridgehead atoms. The summed E-state index contributed by atoms with van der Waals surface area (Å²) < 4.78 is 7.14. The summed E-state index contributed by atoms with van der Waals surface area (Å²) in [6, 6.07) is 11.3. The number of rotatable bonds is 5. The molecule has 9 heteroatoms. The second kappa shape index (κ2) is 10.2. The van der Waals surface area contributed by atoms with E-state index in [1.807, 2.05) is 37.3 Å². The number of anilines is 1. The smallest absolute Gasteiger partial charge is 0.272 e. The fourth-order valence-electron chi connectivity index (χ4n) is 3.97. The van der Waals surface area contributed by atoms with Crippen molar-refractivity contribution in [3.05, 3.63) is 54.6 Å². The molecule has 0 spiro atoms. The third-order valence-corrected chi connectivity index (χ3v) is 5.61. The van der Waals surface area contributed by atoms with Gasteiger partial charge < -0.3 is 14.5 Å². The Morgan fingerprint density at radius 2 is 1.94 bits per heavy atom. The molecule has 0 aliphatic carbocycles. The molecule has 0 N–H and O–H groups in total. The first kappa shape index (κ1) is 22.4. The van der Waals surface area contributed by atoms with E-state index in [9.17, 15) is 4.79 Å². The largest absolute Gasteiger partial charge is 0.496 e. The Morgan fingerprint density at radius 3 is 2.70 bits per heavy atom. The van der Waals surface area contributed by atoms with Crippen molar-refractivity contribution in [2.45, 2.75) is 26.2 Å². The summed E-state index contributed by atoms with van der Waals surface area (Å²) >= 11 is 0. The van der Waals surface area contributed by atoms with Gasteiger partial charge in [0.1, 0.15) is 23.6 Å². The van der Waals surface area contributed by atoms with Crippen LogP contribution in [0.4, 0.5) is 5.82 Å². The van der Waals surface area contributed by atoms with Crippen LogP contribution in [-0.2, 0) is 0 Å². The highest BCUT2D eigenvalue weighted by Gasteiger charge is 2.16. The lowest BCUT2D eigenvalue weighted by Gasteiger charge is -2.17. The first-order chi connectivity index (χ1) is 16.1. The zero-order valence-corrected chi connectivity index (χ0v) is 19.3. The molecule has 0 radical (unpaired) electrons. The lowest BCUT2D eigenvalue weighted by Crippen LogP contribution is -2.28. The van der Waals surface area contributed by atoms with Crippen LogP contribution in [0, 0.1) is 0 Å². The predicted molar refractivity (Wildman–Crippen MR) is 128 cm³/mol. The molecule has 4 heterocycles. The Bertz CT molecular complexity index is 1230. The van der Waals surface area contributed by atoms with Crippen molar-refractivity contribution >= 4 is 28.4 Å². The zero-order valence-electron chi connectivity index (χ0n) is 19.3. The van der Waals surface area contributed by atoms with Crippen LogP contribution in [0.25, 0.3) is 16.7 Å². The van der Waals surface area contributed by atoms with Gasteiger partial charge in [-0.25, -0.2) is 9.97 Å². The van der Waals surface area contributed by atoms with Gasteiger partial charge in [0.15, 0.2) is 0 Å². The van der Waals surface area contributed by atoms with Crippen LogP contribution in [0.3, 0.4) is 0 Å². The monoisotopic (exact) mass is 447 g/mol. The van der Waals surface area contributed by atoms with Crippen molar-refractivity contribution < 1.29 is 9.53 Å². The number of benzene rings is 1. The fourth-order valence-corrected chi connectivity index (χ4v) is 3.97. The van der Waals surface area contributed by atoms with E-state index in [1.165, 1.54) is 12.8 Å². The van der Waals surface area contributed by atoms with Gasteiger partial charge in [-0.2, -0.15) is 14.6 Å². The van der Waals surface area contributed by atoms with E-state index in [1.54, 1.807) is 42.2 Å². The lowest BCUT2D eigenvalue weighted by atomic mass is 10.1. The number of para-hydroxylation sites is 1. The van der Waals surface area contributed by atoms with Gasteiger partial charge in [-0.05, 0) is 37.5 Å². The second-order valence-corrected chi connectivity index (χ2v) is 7.92. The highest BCUT2D eigenvalue weighted by molar-refractivity contribution is 5.96. The van der Waals surface area contributed by atoms with Crippen LogP contribution >= 0.6 is 0 Å². The molecule has 1 fully saturated rings. The number of carbonyl (C=O) groups is 1. The summed E-state index contributed by atoms with van der Waals surface area (Å²) in [7, 11) is 3.39. The standard InChI is InChI=1S/C15H18N2O2.C9H11N5/c1-4-9-17(2)15(18)13-10-14(19-3)11-7-5-6-8-12(11)16-13;1-2-6-13(5-1)8-3-4-10-9-11-7-12-14(8)9/h5-8,10H,4,9H2,1-3H3;3-4,7H,1-2,5-6H2. The summed E-state index contributed by atoms with van der Waals surface area (Å²) in [5, 5.41) is 5.08. The first-order valence-corrected chi connectivity index (χ1v) is 11.2. The van der Waals surface area contributed by atoms with Crippen molar-refractivity contribution in [1.82, 2.24) is 29.5 Å². The summed E-state index contributed by atoms with van der Waals surface area (Å²) in [5.74, 6) is 2.38. The van der Waals surface area contributed by atoms with E-state index >= 15 is 0 Å². The van der Waals surface area contributed by atoms with Crippen LogP contribution in [-0.4, -0.2) is 69.2 Å². The topological polar surface area (TPSA) is 88.8 Å². The zero-order chi connectivity index (χ0) is 23.2. The molecule has 172 valence electrons. The molecule has 0 atom stereocenters. The highest BCUT2D eigenvalue weighted by Crippen LogP contribution is 2.25. The van der Waals surface area contributed by atoms with Gasteiger partial charge in [0.05, 0.1) is 12.6 Å². The van der Waals surface area contributed by atoms with Crippen molar-refractivity contribution in [3.63, 3.8) is 0 Å². The second-order valence-electron chi connectivity index (χ2n) is 7.92. The molecular formula is C24H29N7O2. The molecular weight excluding hydrogens is 418 g/mol. The summed E-state index contributed by atoms with van der Waals surface area (Å²) in [6.45, 7) is 4.98. The number of fused-ring (bicyclic) bond motifs is 2. The Labute approximate surface area is 193 Å². The number of carbonyl (C=O) groups excluding carboxylic acids is 1. The lowest BCUT2D eigenvalue weighted by molar-refractivity contribution is 0.0789. The summed E-state index contributed by atoms with van der Waals surface area (Å²) in [5.41, 5.74) is 1.20. The number of hydrogen-bond acceptors (Lipinski definition) is 7. The van der Waals surface area contributed by atoms with E-state index in [-0.39, 0.29) is 5.91 Å². The number of aromatic nitrogens is 5. The number of ether oxygens (including phenoxy) is 1. The normalized spacial score (nSPS) is 13.1. The summed E-state index contributed by atoms with van der Waals surface area (Å²) in [6.07, 6.45) is 6.78. The molecule has 1 aliphatic heterocycles. The van der Waals surface area contributed by atoms with E-state index < -0.39 is 0 Å². The van der Waals surface area contributed by atoms with Gasteiger partial charge in [-0.1, -0.05) is 19.1 Å². The van der Waals surface area contributed by atoms with Gasteiger partial charge in [0, 0.05) is 44.3 Å². The van der Waals surface area contributed by atoms with Gasteiger partial charge in [-0.3, -0.25) is 4.79 Å². The minimum atomic E-state index is -0.0779. The van der Waals surface area contributed by atoms with Crippen LogP contribution in [0.5, 0.6) is 5.75 Å². The summed E-state index contributed by atoms with van der Waals surface area (Å²) in [4.78, 5) is 28.9. The Kier molecular flexibility index (Phi) is 6.97. The molecule has 1 saturated heterocycles. The van der Waals surface area contributed by atoms with Crippen molar-refractivity contribution in [2.75, 3.05) is 38.7 Å². The molecule has 1 aromatic carbocycles. The molecule has 0 saturated carbocycles. The van der Waals surface area contributed by atoms with E-state index in [2.05, 4.69) is 25.0 Å². The van der Waals surface area contributed by atoms with Crippen molar-refractivity contribution in [3.8, 4) is 5.75 Å². The molecule has 4 aromatic rings. The average Bonchev–Trinajstić information content (AvgIpc) is 3.55. The maximum absolute atomic E-state index is 12.3. The van der Waals surface area contributed by atoms with Gasteiger partial charge in [0.2, 0.25) is 0 Å². The molecule has 0 unspecified atom stereocenters. The molecule has 33 heavy (non-hydrogen) atoms. The fraction of sp³-hybridized carbons (Fsp3) is 0.375. The number of hydrogen-bond donors (Lipinski definition) is 0. The van der Waals surface area contributed by atoms with Crippen LogP contribution in [0.15, 0.2) is 48.9 Å². The molecule has 3 aromatic heterocycles. The third-order valence-electron chi connectivity index (χ3n) is 5.61. The molecule has 9 nitrogen and oxygen atoms in total. The van der Waals surface area contributed by atoms with Gasteiger partial charge in [0.25, 0.3) is 11.7 Å². The van der Waals surface area contributed by atoms with Crippen molar-refractivity contribution in [2.24, 2.45) is 0 Å². The van der Waals surface area contributed by atoms with Gasteiger partial charge in [-0.15, -0.1) is 0 Å². The highest BCUT2D eigenvalue weighted by atomic mass is 16.5. The molecule has 1 amide bonds. The number of amides is 1. The maximum Gasteiger partial charge on any atom is 0.272 e. The van der Waals surface area contributed by atoms with Crippen LogP contribution < -0.4 is 9.64 Å². The van der Waals surface area contributed by atoms with Crippen molar-refractivity contribution in [1.29, 1.82) is 0 Å². The number of nitrogens with zero attached hydrogens (tertiary/aromatic N) is 7. The number of pyridine rings is 1. The Balaban J connectivity index is 0.000000163. The van der Waals surface area contributed by atoms with Gasteiger partial charge >= 0.3 is 0 Å². The van der Waals surface area contributed by atoms with Crippen LogP contribution in [0.1, 0.15) is 36.7 Å². The molecule has 5 rings (SSSR count). The van der Waals surface area contributed by atoms with E-state index in [0.717, 1.165) is 42.8 Å². The number of methoxy groups -OCH3 is 1. The minimum Gasteiger partial charge on any atom is -0.496 e. The Morgan fingerprint density at radius 1 is 1.15 bits per heavy atom. The Hall–Kier alpha value is -3.75. The van der Waals surface area contributed by atoms with E-state index in [4.69, 9.17) is 4.74 Å². The van der Waals surface area contributed by atoms with Crippen LogP contribution in [0.2, 0.25) is 0 Å².